The quantitative estimate of drug-likeness (QED) is 0.493. The molecule has 0 radical (unpaired) electrons. The standard InChI is InChI=1S/C25H40/c1-14(2)15-7-8-22(3)9-10-23(4)13-19-16(21(23)20(15)22)12-24(5)17-11-18(17)25(19,24)6/h14-21H,7-13H2,1-6H3/t15-,16?,17+,18-,19+,20+,21+,22+,23-,24?,25-/m1/s1. The Morgan fingerprint density at radius 2 is 1.48 bits per heavy atom. The monoisotopic (exact) mass is 340 g/mol. The minimum atomic E-state index is 0.681. The summed E-state index contributed by atoms with van der Waals surface area (Å²) < 4.78 is 0. The van der Waals surface area contributed by atoms with Crippen LogP contribution < -0.4 is 0 Å². The lowest BCUT2D eigenvalue weighted by Crippen LogP contribution is -2.50. The van der Waals surface area contributed by atoms with E-state index < -0.39 is 0 Å². The number of hydrogen-bond acceptors (Lipinski definition) is 0. The van der Waals surface area contributed by atoms with Crippen LogP contribution in [0.2, 0.25) is 0 Å². The maximum absolute atomic E-state index is 2.75. The van der Waals surface area contributed by atoms with Gasteiger partial charge in [0.05, 0.1) is 0 Å². The van der Waals surface area contributed by atoms with Gasteiger partial charge in [0, 0.05) is 0 Å². The highest BCUT2D eigenvalue weighted by Gasteiger charge is 2.83. The van der Waals surface area contributed by atoms with Crippen molar-refractivity contribution >= 4 is 0 Å². The fourth-order valence-electron chi connectivity index (χ4n) is 11.0. The minimum Gasteiger partial charge on any atom is -0.0625 e. The Bertz CT molecular complexity index is 634. The van der Waals surface area contributed by atoms with Crippen LogP contribution in [0.4, 0.5) is 0 Å². The molecule has 0 aromatic rings. The van der Waals surface area contributed by atoms with Crippen LogP contribution in [0, 0.1) is 69.0 Å². The Balaban J connectivity index is 1.44. The Hall–Kier alpha value is 0. The van der Waals surface area contributed by atoms with Crippen molar-refractivity contribution in [3.8, 4) is 0 Å². The Morgan fingerprint density at radius 3 is 2.20 bits per heavy atom. The number of fused-ring (bicyclic) bond motifs is 10. The van der Waals surface area contributed by atoms with Crippen molar-refractivity contribution in [3.63, 3.8) is 0 Å². The first-order valence-corrected chi connectivity index (χ1v) is 11.7. The largest absolute Gasteiger partial charge is 0.0625 e. The normalized spacial score (nSPS) is 69.5. The second-order valence-corrected chi connectivity index (χ2v) is 13.1. The highest BCUT2D eigenvalue weighted by atomic mass is 14.9. The first kappa shape index (κ1) is 16.0. The van der Waals surface area contributed by atoms with Gasteiger partial charge in [-0.3, -0.25) is 0 Å². The predicted octanol–water partition coefficient (Wildman–Crippen LogP) is 6.79. The molecule has 6 aliphatic rings. The summed E-state index contributed by atoms with van der Waals surface area (Å²) in [5.74, 6) is 8.43. The van der Waals surface area contributed by atoms with Crippen LogP contribution in [0.5, 0.6) is 0 Å². The average molecular weight is 341 g/mol. The van der Waals surface area contributed by atoms with Gasteiger partial charge in [0.15, 0.2) is 0 Å². The van der Waals surface area contributed by atoms with Crippen LogP contribution in [0.1, 0.15) is 86.5 Å². The number of rotatable bonds is 1. The van der Waals surface area contributed by atoms with E-state index in [0.29, 0.717) is 10.8 Å². The molecule has 11 atom stereocenters. The molecule has 6 rings (SSSR count). The van der Waals surface area contributed by atoms with Crippen molar-refractivity contribution < 1.29 is 0 Å². The molecule has 0 N–H and O–H groups in total. The molecule has 0 spiro atoms. The summed E-state index contributed by atoms with van der Waals surface area (Å²) in [6, 6.07) is 0. The third kappa shape index (κ3) is 1.50. The zero-order valence-corrected chi connectivity index (χ0v) is 17.6. The summed E-state index contributed by atoms with van der Waals surface area (Å²) in [4.78, 5) is 0. The molecule has 0 heterocycles. The molecular formula is C25H40. The van der Waals surface area contributed by atoms with E-state index in [1.165, 1.54) is 19.3 Å². The van der Waals surface area contributed by atoms with Gasteiger partial charge in [0.25, 0.3) is 0 Å². The summed E-state index contributed by atoms with van der Waals surface area (Å²) >= 11 is 0. The third-order valence-electron chi connectivity index (χ3n) is 12.3. The van der Waals surface area contributed by atoms with Gasteiger partial charge in [-0.1, -0.05) is 41.5 Å². The molecule has 0 saturated heterocycles. The van der Waals surface area contributed by atoms with Gasteiger partial charge in [-0.25, -0.2) is 0 Å². The molecule has 0 bridgehead atoms. The van der Waals surface area contributed by atoms with E-state index in [9.17, 15) is 0 Å². The van der Waals surface area contributed by atoms with E-state index >= 15 is 0 Å². The summed E-state index contributed by atoms with van der Waals surface area (Å²) in [5, 5.41) is 0. The fourth-order valence-corrected chi connectivity index (χ4v) is 11.0. The first-order valence-electron chi connectivity index (χ1n) is 11.7. The second kappa shape index (κ2) is 4.20. The Morgan fingerprint density at radius 1 is 0.760 bits per heavy atom. The van der Waals surface area contributed by atoms with Gasteiger partial charge < -0.3 is 0 Å². The smallest absolute Gasteiger partial charge is 0.0207 e. The predicted molar refractivity (Wildman–Crippen MR) is 104 cm³/mol. The summed E-state index contributed by atoms with van der Waals surface area (Å²) in [7, 11) is 0. The maximum atomic E-state index is 2.75. The Labute approximate surface area is 155 Å². The number of hydrogen-bond donors (Lipinski definition) is 0. The molecule has 6 saturated carbocycles. The lowest BCUT2D eigenvalue weighted by Gasteiger charge is -2.56. The van der Waals surface area contributed by atoms with E-state index in [4.69, 9.17) is 0 Å². The molecule has 6 fully saturated rings. The van der Waals surface area contributed by atoms with Crippen molar-refractivity contribution in [2.45, 2.75) is 86.5 Å². The van der Waals surface area contributed by atoms with Crippen molar-refractivity contribution in [1.82, 2.24) is 0 Å². The van der Waals surface area contributed by atoms with Crippen LogP contribution in [0.3, 0.4) is 0 Å². The van der Waals surface area contributed by atoms with Crippen molar-refractivity contribution in [2.75, 3.05) is 0 Å². The molecule has 25 heavy (non-hydrogen) atoms. The van der Waals surface area contributed by atoms with Gasteiger partial charge in [-0.05, 0) is 114 Å². The highest BCUT2D eigenvalue weighted by Crippen LogP contribution is 2.89. The third-order valence-corrected chi connectivity index (χ3v) is 12.3. The van der Waals surface area contributed by atoms with Crippen LogP contribution >= 0.6 is 0 Å². The zero-order chi connectivity index (χ0) is 17.6. The molecule has 2 unspecified atom stereocenters. The van der Waals surface area contributed by atoms with E-state index in [0.717, 1.165) is 58.2 Å². The fraction of sp³-hybridized carbons (Fsp3) is 1.00. The van der Waals surface area contributed by atoms with Crippen LogP contribution in [0.25, 0.3) is 0 Å². The average Bonchev–Trinajstić information content (AvgIpc) is 3.12. The van der Waals surface area contributed by atoms with Crippen LogP contribution in [0.15, 0.2) is 0 Å². The van der Waals surface area contributed by atoms with E-state index in [1.807, 2.05) is 0 Å². The van der Waals surface area contributed by atoms with Gasteiger partial charge in [-0.15, -0.1) is 0 Å². The molecule has 0 amide bonds. The summed E-state index contributed by atoms with van der Waals surface area (Å²) in [6.45, 7) is 16.0. The lowest BCUT2D eigenvalue weighted by atomic mass is 9.48. The summed E-state index contributed by atoms with van der Waals surface area (Å²) in [6.07, 6.45) is 10.9. The lowest BCUT2D eigenvalue weighted by molar-refractivity contribution is -0.0840. The molecule has 0 aliphatic heterocycles. The molecule has 0 heteroatoms. The van der Waals surface area contributed by atoms with E-state index in [2.05, 4.69) is 41.5 Å². The SMILES string of the molecule is CC(C)[C@H]1CC[C@@]2(C)CC[C@]3(C)C[C@H]4C(CC5(C)[C@H]6C[C@H]6[C@]45C)[C@H]3[C@H]12. The van der Waals surface area contributed by atoms with E-state index in [1.54, 1.807) is 25.7 Å². The highest BCUT2D eigenvalue weighted by molar-refractivity contribution is 5.31. The minimum absolute atomic E-state index is 0.681. The van der Waals surface area contributed by atoms with Crippen LogP contribution in [-0.2, 0) is 0 Å². The van der Waals surface area contributed by atoms with Crippen LogP contribution in [-0.4, -0.2) is 0 Å². The van der Waals surface area contributed by atoms with Gasteiger partial charge >= 0.3 is 0 Å². The Kier molecular flexibility index (Phi) is 2.69. The first-order chi connectivity index (χ1) is 11.7. The van der Waals surface area contributed by atoms with Gasteiger partial charge in [0.2, 0.25) is 0 Å². The van der Waals surface area contributed by atoms with E-state index in [-0.39, 0.29) is 0 Å². The molecule has 0 aromatic heterocycles. The molecular weight excluding hydrogens is 300 g/mol. The van der Waals surface area contributed by atoms with Crippen molar-refractivity contribution in [3.05, 3.63) is 0 Å². The zero-order valence-electron chi connectivity index (χ0n) is 17.6. The van der Waals surface area contributed by atoms with Crippen molar-refractivity contribution in [1.29, 1.82) is 0 Å². The van der Waals surface area contributed by atoms with Gasteiger partial charge in [-0.2, -0.15) is 0 Å². The molecule has 0 aromatic carbocycles. The second-order valence-electron chi connectivity index (χ2n) is 13.1. The molecule has 0 nitrogen and oxygen atoms in total. The maximum Gasteiger partial charge on any atom is -0.0207 e. The molecule has 140 valence electrons. The van der Waals surface area contributed by atoms with Crippen molar-refractivity contribution in [2.24, 2.45) is 69.0 Å². The molecule has 6 aliphatic carbocycles. The topological polar surface area (TPSA) is 0 Å². The summed E-state index contributed by atoms with van der Waals surface area (Å²) in [5.41, 5.74) is 2.82. The van der Waals surface area contributed by atoms with Gasteiger partial charge in [0.1, 0.15) is 0 Å².